The molecule has 10 heteroatoms. The molecule has 0 aliphatic carbocycles. The smallest absolute Gasteiger partial charge is 0.181 e. The average Bonchev–Trinajstić information content (AvgIpc) is 2.97. The molecule has 0 bridgehead atoms. The largest absolute Gasteiger partial charge is 0.411 e. The van der Waals surface area contributed by atoms with E-state index in [1.807, 2.05) is 0 Å². The fraction of sp³-hybridized carbons (Fsp3) is 0.462. The molecule has 0 saturated carbocycles. The molecule has 4 atom stereocenters. The number of halogens is 1. The summed E-state index contributed by atoms with van der Waals surface area (Å²) >= 11 is 0. The predicted molar refractivity (Wildman–Crippen MR) is 77.8 cm³/mol. The Balaban J connectivity index is 2.19. The molecule has 5 N–H and O–H groups in total. The highest BCUT2D eigenvalue weighted by Crippen LogP contribution is 2.43. The van der Waals surface area contributed by atoms with Crippen molar-refractivity contribution in [2.45, 2.75) is 31.0 Å². The zero-order chi connectivity index (χ0) is 16.8. The Labute approximate surface area is 129 Å². The molecule has 2 aromatic rings. The lowest BCUT2D eigenvalue weighted by molar-refractivity contribution is -0.0564. The van der Waals surface area contributed by atoms with Crippen LogP contribution < -0.4 is 5.73 Å². The number of aromatic nitrogens is 3. The van der Waals surface area contributed by atoms with Crippen molar-refractivity contribution in [3.8, 4) is 0 Å². The van der Waals surface area contributed by atoms with Crippen LogP contribution in [0.15, 0.2) is 17.7 Å². The van der Waals surface area contributed by atoms with Crippen molar-refractivity contribution in [2.24, 2.45) is 5.16 Å². The lowest BCUT2D eigenvalue weighted by Gasteiger charge is -2.25. The first-order valence-corrected chi connectivity index (χ1v) is 6.83. The van der Waals surface area contributed by atoms with Gasteiger partial charge in [0.05, 0.1) is 18.2 Å². The number of oxime groups is 1. The predicted octanol–water partition coefficient (Wildman–Crippen LogP) is -0.200. The van der Waals surface area contributed by atoms with Gasteiger partial charge in [-0.1, -0.05) is 5.16 Å². The van der Waals surface area contributed by atoms with Gasteiger partial charge in [-0.15, -0.1) is 0 Å². The second kappa shape index (κ2) is 5.41. The van der Waals surface area contributed by atoms with E-state index in [-0.39, 0.29) is 11.5 Å². The number of nitrogens with zero attached hydrogens (tertiary/aromatic N) is 4. The Kier molecular flexibility index (Phi) is 3.66. The van der Waals surface area contributed by atoms with Gasteiger partial charge in [0.15, 0.2) is 11.9 Å². The molecule has 1 fully saturated rings. The number of aliphatic hydroxyl groups is 2. The van der Waals surface area contributed by atoms with Gasteiger partial charge in [0.1, 0.15) is 30.0 Å². The van der Waals surface area contributed by atoms with Crippen LogP contribution in [0.1, 0.15) is 18.7 Å². The Hall–Kier alpha value is -2.30. The fourth-order valence-corrected chi connectivity index (χ4v) is 2.84. The third-order valence-electron chi connectivity index (χ3n) is 4.01. The monoisotopic (exact) mass is 325 g/mol. The summed E-state index contributed by atoms with van der Waals surface area (Å²) in [5, 5.41) is 31.3. The van der Waals surface area contributed by atoms with Crippen LogP contribution in [0, 0.1) is 0 Å². The number of ether oxygens (including phenoxy) is 1. The molecule has 0 radical (unpaired) electrons. The molecule has 2 aromatic heterocycles. The first-order chi connectivity index (χ1) is 10.9. The van der Waals surface area contributed by atoms with E-state index < -0.39 is 30.7 Å². The number of rotatable bonds is 3. The number of aliphatic hydroxyl groups excluding tert-OH is 2. The second-order valence-electron chi connectivity index (χ2n) is 5.50. The van der Waals surface area contributed by atoms with Crippen molar-refractivity contribution < 1.29 is 24.5 Å². The summed E-state index contributed by atoms with van der Waals surface area (Å²) in [5.74, 6) is 0.126. The molecule has 2 unspecified atom stereocenters. The van der Waals surface area contributed by atoms with E-state index in [4.69, 9.17) is 15.7 Å². The summed E-state index contributed by atoms with van der Waals surface area (Å²) < 4.78 is 21.7. The molecule has 124 valence electrons. The van der Waals surface area contributed by atoms with Crippen LogP contribution in [-0.2, 0) is 4.74 Å². The number of alkyl halides is 1. The third-order valence-corrected chi connectivity index (χ3v) is 4.01. The highest BCUT2D eigenvalue weighted by Gasteiger charge is 2.55. The van der Waals surface area contributed by atoms with Gasteiger partial charge in [-0.05, 0) is 6.92 Å². The van der Waals surface area contributed by atoms with Gasteiger partial charge < -0.3 is 30.5 Å². The number of anilines is 1. The molecule has 3 rings (SSSR count). The van der Waals surface area contributed by atoms with Crippen molar-refractivity contribution in [2.75, 3.05) is 12.3 Å². The van der Waals surface area contributed by atoms with Crippen molar-refractivity contribution >= 4 is 23.1 Å². The Morgan fingerprint density at radius 3 is 2.91 bits per heavy atom. The molecule has 0 aromatic carbocycles. The first kappa shape index (κ1) is 15.6. The normalized spacial score (nSPS) is 31.4. The molecular formula is C13H16FN5O4. The van der Waals surface area contributed by atoms with Crippen LogP contribution in [0.2, 0.25) is 0 Å². The average molecular weight is 325 g/mol. The zero-order valence-electron chi connectivity index (χ0n) is 12.2. The molecule has 1 saturated heterocycles. The van der Waals surface area contributed by atoms with E-state index in [1.165, 1.54) is 24.0 Å². The summed E-state index contributed by atoms with van der Waals surface area (Å²) in [6.45, 7) is 0.645. The summed E-state index contributed by atoms with van der Waals surface area (Å²) in [4.78, 5) is 7.93. The van der Waals surface area contributed by atoms with Gasteiger partial charge in [0.2, 0.25) is 0 Å². The molecule has 1 aliphatic heterocycles. The highest BCUT2D eigenvalue weighted by atomic mass is 19.1. The van der Waals surface area contributed by atoms with Crippen LogP contribution in [0.3, 0.4) is 0 Å². The van der Waals surface area contributed by atoms with Gasteiger partial charge >= 0.3 is 0 Å². The molecule has 23 heavy (non-hydrogen) atoms. The van der Waals surface area contributed by atoms with Gasteiger partial charge in [-0.3, -0.25) is 0 Å². The first-order valence-electron chi connectivity index (χ1n) is 6.83. The maximum atomic E-state index is 15.0. The highest BCUT2D eigenvalue weighted by molar-refractivity contribution is 6.02. The van der Waals surface area contributed by atoms with Crippen molar-refractivity contribution in [3.63, 3.8) is 0 Å². The topological polar surface area (TPSA) is 139 Å². The van der Waals surface area contributed by atoms with Crippen LogP contribution in [0.25, 0.3) is 11.0 Å². The summed E-state index contributed by atoms with van der Waals surface area (Å²) in [6.07, 6.45) is -0.0654. The number of fused-ring (bicyclic) bond motifs is 1. The van der Waals surface area contributed by atoms with Crippen molar-refractivity contribution in [3.05, 3.63) is 18.1 Å². The number of nitrogen functional groups attached to an aromatic ring is 1. The van der Waals surface area contributed by atoms with Crippen molar-refractivity contribution in [1.82, 2.24) is 14.5 Å². The third kappa shape index (κ3) is 2.22. The van der Waals surface area contributed by atoms with Crippen LogP contribution in [0.4, 0.5) is 10.2 Å². The quantitative estimate of drug-likeness (QED) is 0.348. The summed E-state index contributed by atoms with van der Waals surface area (Å²) in [6, 6.07) is 0. The lowest BCUT2D eigenvalue weighted by atomic mass is 9.98. The molecule has 0 amide bonds. The van der Waals surface area contributed by atoms with E-state index >= 15 is 0 Å². The van der Waals surface area contributed by atoms with E-state index in [1.54, 1.807) is 0 Å². The minimum Gasteiger partial charge on any atom is -0.411 e. The van der Waals surface area contributed by atoms with E-state index in [0.29, 0.717) is 10.9 Å². The molecule has 1 aliphatic rings. The minimum absolute atomic E-state index is 0.126. The zero-order valence-corrected chi connectivity index (χ0v) is 12.2. The number of hydrogen-bond donors (Lipinski definition) is 4. The van der Waals surface area contributed by atoms with E-state index in [0.717, 1.165) is 6.21 Å². The second-order valence-corrected chi connectivity index (χ2v) is 5.50. The van der Waals surface area contributed by atoms with E-state index in [9.17, 15) is 14.6 Å². The molecule has 0 spiro atoms. The minimum atomic E-state index is -2.17. The van der Waals surface area contributed by atoms with Gasteiger partial charge in [0.25, 0.3) is 0 Å². The number of hydrogen-bond acceptors (Lipinski definition) is 8. The molecular weight excluding hydrogens is 309 g/mol. The maximum Gasteiger partial charge on any atom is 0.181 e. The summed E-state index contributed by atoms with van der Waals surface area (Å²) in [7, 11) is 0. The summed E-state index contributed by atoms with van der Waals surface area (Å²) in [5.41, 5.74) is 4.26. The van der Waals surface area contributed by atoms with Crippen LogP contribution in [0.5, 0.6) is 0 Å². The number of nitrogens with two attached hydrogens (primary N) is 1. The Morgan fingerprint density at radius 2 is 2.30 bits per heavy atom. The Bertz CT molecular complexity index is 762. The van der Waals surface area contributed by atoms with Crippen molar-refractivity contribution in [1.29, 1.82) is 0 Å². The lowest BCUT2D eigenvalue weighted by Crippen LogP contribution is -2.40. The maximum absolute atomic E-state index is 15.0. The molecule has 9 nitrogen and oxygen atoms in total. The molecule has 3 heterocycles. The van der Waals surface area contributed by atoms with Gasteiger partial charge in [0, 0.05) is 11.8 Å². The van der Waals surface area contributed by atoms with Crippen LogP contribution >= 0.6 is 0 Å². The standard InChI is InChI=1S/C13H16FN5O4/c1-13(14)9(21)7(4-20)23-12(13)19-3-6(2-18-22)8-10(15)16-5-17-11(8)19/h2-3,5,7,9,12,20-22H,4H2,1H3,(H2,15,16,17)/t7?,9?,12-,13-/m1/s1. The van der Waals surface area contributed by atoms with E-state index in [2.05, 4.69) is 15.1 Å². The van der Waals surface area contributed by atoms with Gasteiger partial charge in [-0.25, -0.2) is 14.4 Å². The fourth-order valence-electron chi connectivity index (χ4n) is 2.84. The SMILES string of the molecule is C[C@@]1(F)C(O)C(CO)O[C@H]1n1cc(C=NO)c2c(N)ncnc21. The van der Waals surface area contributed by atoms with Gasteiger partial charge in [-0.2, -0.15) is 0 Å². The van der Waals surface area contributed by atoms with Crippen LogP contribution in [-0.4, -0.2) is 60.7 Å². The Morgan fingerprint density at radius 1 is 1.57 bits per heavy atom.